The maximum absolute atomic E-state index is 12.5. The third-order valence-electron chi connectivity index (χ3n) is 4.37. The van der Waals surface area contributed by atoms with E-state index in [9.17, 15) is 4.79 Å². The number of carbonyl (C=O) groups is 1. The second-order valence-electron chi connectivity index (χ2n) is 6.32. The third-order valence-corrected chi connectivity index (χ3v) is 5.05. The fraction of sp³-hybridized carbons (Fsp3) is 0.278. The zero-order valence-electron chi connectivity index (χ0n) is 14.0. The fourth-order valence-corrected chi connectivity index (χ4v) is 3.43. The lowest BCUT2D eigenvalue weighted by Gasteiger charge is -2.37. The molecule has 1 saturated heterocycles. The average molecular weight is 354 g/mol. The minimum atomic E-state index is 0.0409. The Morgan fingerprint density at radius 1 is 1.24 bits per heavy atom. The van der Waals surface area contributed by atoms with Crippen molar-refractivity contribution < 1.29 is 9.32 Å². The van der Waals surface area contributed by atoms with Gasteiger partial charge in [0, 0.05) is 49.4 Å². The minimum Gasteiger partial charge on any atom is -0.378 e. The molecule has 0 atom stereocenters. The molecule has 0 N–H and O–H groups in total. The highest BCUT2D eigenvalue weighted by atomic mass is 32.1. The van der Waals surface area contributed by atoms with Crippen LogP contribution in [0.1, 0.15) is 22.2 Å². The number of nitrogens with zero attached hydrogens (tertiary/aromatic N) is 4. The van der Waals surface area contributed by atoms with E-state index in [0.29, 0.717) is 30.4 Å². The van der Waals surface area contributed by atoms with Crippen molar-refractivity contribution in [3.8, 4) is 11.4 Å². The Morgan fingerprint density at radius 3 is 2.64 bits per heavy atom. The van der Waals surface area contributed by atoms with Crippen LogP contribution in [0.25, 0.3) is 11.4 Å². The van der Waals surface area contributed by atoms with Gasteiger partial charge in [0.15, 0.2) is 0 Å². The highest BCUT2D eigenvalue weighted by molar-refractivity contribution is 7.08. The average Bonchev–Trinajstić information content (AvgIpc) is 3.25. The number of rotatable bonds is 4. The molecule has 0 spiro atoms. The Hall–Kier alpha value is -2.67. The van der Waals surface area contributed by atoms with Crippen LogP contribution in [-0.2, 0) is 0 Å². The zero-order valence-corrected chi connectivity index (χ0v) is 14.9. The highest BCUT2D eigenvalue weighted by Crippen LogP contribution is 2.29. The molecule has 0 aliphatic carbocycles. The van der Waals surface area contributed by atoms with Crippen LogP contribution in [0.5, 0.6) is 0 Å². The molecule has 1 aliphatic rings. The standard InChI is InChI=1S/C18H18N4O2S/c1-21(2)15-5-3-12(4-6-15)18(23)22-9-14(10-22)17-19-16(20-24-17)13-7-8-25-11-13/h3-8,11,14H,9-10H2,1-2H3. The number of thiophene rings is 1. The topological polar surface area (TPSA) is 62.5 Å². The molecular weight excluding hydrogens is 336 g/mol. The number of likely N-dealkylation sites (tertiary alicyclic amines) is 1. The summed E-state index contributed by atoms with van der Waals surface area (Å²) in [4.78, 5) is 20.8. The molecular formula is C18H18N4O2S. The van der Waals surface area contributed by atoms with Crippen LogP contribution >= 0.6 is 11.3 Å². The Labute approximate surface area is 149 Å². The molecule has 7 heteroatoms. The quantitative estimate of drug-likeness (QED) is 0.720. The van der Waals surface area contributed by atoms with Gasteiger partial charge in [-0.25, -0.2) is 0 Å². The molecule has 3 heterocycles. The Bertz CT molecular complexity index is 865. The predicted molar refractivity (Wildman–Crippen MR) is 97.0 cm³/mol. The maximum atomic E-state index is 12.5. The molecule has 2 aromatic heterocycles. The lowest BCUT2D eigenvalue weighted by molar-refractivity contribution is 0.0569. The largest absolute Gasteiger partial charge is 0.378 e. The van der Waals surface area contributed by atoms with Crippen LogP contribution in [0.3, 0.4) is 0 Å². The minimum absolute atomic E-state index is 0.0409. The second-order valence-corrected chi connectivity index (χ2v) is 7.10. The summed E-state index contributed by atoms with van der Waals surface area (Å²) in [5.41, 5.74) is 2.74. The van der Waals surface area contributed by atoms with Crippen LogP contribution in [-0.4, -0.2) is 48.1 Å². The van der Waals surface area contributed by atoms with Gasteiger partial charge in [-0.05, 0) is 35.7 Å². The van der Waals surface area contributed by atoms with Crippen LogP contribution in [0.2, 0.25) is 0 Å². The van der Waals surface area contributed by atoms with Gasteiger partial charge in [-0.3, -0.25) is 4.79 Å². The molecule has 0 bridgehead atoms. The first-order chi connectivity index (χ1) is 12.1. The summed E-state index contributed by atoms with van der Waals surface area (Å²) in [5, 5.41) is 8.00. The summed E-state index contributed by atoms with van der Waals surface area (Å²) >= 11 is 1.60. The van der Waals surface area contributed by atoms with Gasteiger partial charge >= 0.3 is 0 Å². The first-order valence-electron chi connectivity index (χ1n) is 8.04. The zero-order chi connectivity index (χ0) is 17.4. The van der Waals surface area contributed by atoms with Crippen molar-refractivity contribution in [2.45, 2.75) is 5.92 Å². The van der Waals surface area contributed by atoms with E-state index in [0.717, 1.165) is 11.3 Å². The van der Waals surface area contributed by atoms with E-state index in [1.807, 2.05) is 65.0 Å². The smallest absolute Gasteiger partial charge is 0.253 e. The van der Waals surface area contributed by atoms with E-state index in [1.54, 1.807) is 11.3 Å². The number of hydrogen-bond donors (Lipinski definition) is 0. The fourth-order valence-electron chi connectivity index (χ4n) is 2.80. The van der Waals surface area contributed by atoms with Gasteiger partial charge in [0.2, 0.25) is 11.7 Å². The monoisotopic (exact) mass is 354 g/mol. The highest BCUT2D eigenvalue weighted by Gasteiger charge is 2.36. The number of amides is 1. The maximum Gasteiger partial charge on any atom is 0.253 e. The normalized spacial score (nSPS) is 14.4. The van der Waals surface area contributed by atoms with Gasteiger partial charge in [-0.1, -0.05) is 5.16 Å². The van der Waals surface area contributed by atoms with Crippen LogP contribution in [0, 0.1) is 0 Å². The van der Waals surface area contributed by atoms with E-state index in [4.69, 9.17) is 4.52 Å². The van der Waals surface area contributed by atoms with Crippen molar-refractivity contribution >= 4 is 22.9 Å². The van der Waals surface area contributed by atoms with Gasteiger partial charge < -0.3 is 14.3 Å². The molecule has 0 unspecified atom stereocenters. The molecule has 6 nitrogen and oxygen atoms in total. The van der Waals surface area contributed by atoms with Crippen LogP contribution in [0.15, 0.2) is 45.6 Å². The summed E-state index contributed by atoms with van der Waals surface area (Å²) in [6.07, 6.45) is 0. The molecule has 1 aliphatic heterocycles. The van der Waals surface area contributed by atoms with Crippen molar-refractivity contribution in [3.05, 3.63) is 52.5 Å². The molecule has 25 heavy (non-hydrogen) atoms. The Kier molecular flexibility index (Phi) is 4.01. The number of carbonyl (C=O) groups excluding carboxylic acids is 1. The summed E-state index contributed by atoms with van der Waals surface area (Å²) in [5.74, 6) is 1.37. The molecule has 0 saturated carbocycles. The van der Waals surface area contributed by atoms with Crippen LogP contribution in [0.4, 0.5) is 5.69 Å². The van der Waals surface area contributed by atoms with Crippen molar-refractivity contribution in [3.63, 3.8) is 0 Å². The van der Waals surface area contributed by atoms with Crippen molar-refractivity contribution in [2.24, 2.45) is 0 Å². The first-order valence-corrected chi connectivity index (χ1v) is 8.99. The van der Waals surface area contributed by atoms with E-state index in [2.05, 4.69) is 10.1 Å². The SMILES string of the molecule is CN(C)c1ccc(C(=O)N2CC(c3nc(-c4ccsc4)no3)C2)cc1. The predicted octanol–water partition coefficient (Wildman–Crippen LogP) is 3.10. The summed E-state index contributed by atoms with van der Waals surface area (Å²) in [6.45, 7) is 1.22. The summed E-state index contributed by atoms with van der Waals surface area (Å²) in [7, 11) is 3.96. The number of aromatic nitrogens is 2. The van der Waals surface area contributed by atoms with Crippen molar-refractivity contribution in [1.29, 1.82) is 0 Å². The first kappa shape index (κ1) is 15.8. The van der Waals surface area contributed by atoms with E-state index >= 15 is 0 Å². The molecule has 0 radical (unpaired) electrons. The van der Waals surface area contributed by atoms with E-state index < -0.39 is 0 Å². The van der Waals surface area contributed by atoms with Gasteiger partial charge in [-0.2, -0.15) is 16.3 Å². The van der Waals surface area contributed by atoms with Gasteiger partial charge in [0.05, 0.1) is 5.92 Å². The van der Waals surface area contributed by atoms with Gasteiger partial charge in [-0.15, -0.1) is 0 Å². The molecule has 3 aromatic rings. The van der Waals surface area contributed by atoms with Gasteiger partial charge in [0.1, 0.15) is 0 Å². The van der Waals surface area contributed by atoms with E-state index in [-0.39, 0.29) is 11.8 Å². The Balaban J connectivity index is 1.39. The lowest BCUT2D eigenvalue weighted by Crippen LogP contribution is -2.48. The van der Waals surface area contributed by atoms with Crippen LogP contribution < -0.4 is 4.90 Å². The number of benzene rings is 1. The summed E-state index contributed by atoms with van der Waals surface area (Å²) < 4.78 is 5.37. The number of hydrogen-bond acceptors (Lipinski definition) is 6. The molecule has 1 amide bonds. The molecule has 4 rings (SSSR count). The Morgan fingerprint density at radius 2 is 2.00 bits per heavy atom. The summed E-state index contributed by atoms with van der Waals surface area (Å²) in [6, 6.07) is 9.61. The molecule has 128 valence electrons. The third kappa shape index (κ3) is 3.02. The number of anilines is 1. The van der Waals surface area contributed by atoms with E-state index in [1.165, 1.54) is 0 Å². The molecule has 1 fully saturated rings. The van der Waals surface area contributed by atoms with Crippen molar-refractivity contribution in [2.75, 3.05) is 32.1 Å². The second kappa shape index (κ2) is 6.33. The molecule has 1 aromatic carbocycles. The van der Waals surface area contributed by atoms with Gasteiger partial charge in [0.25, 0.3) is 5.91 Å². The lowest BCUT2D eigenvalue weighted by atomic mass is 9.98. The van der Waals surface area contributed by atoms with Crippen molar-refractivity contribution in [1.82, 2.24) is 15.0 Å².